The molecular weight excluding hydrogens is 857 g/mol. The minimum Gasteiger partial charge on any atom is -0.472 e. The minimum absolute atomic E-state index is 0.0161. The highest BCUT2D eigenvalue weighted by atomic mass is 35.5. The molecule has 0 bridgehead atoms. The monoisotopic (exact) mass is 905 g/mol. The van der Waals surface area contributed by atoms with Gasteiger partial charge in [-0.1, -0.05) is 43.7 Å². The summed E-state index contributed by atoms with van der Waals surface area (Å²) in [6.45, 7) is 4.48. The number of sulfonamides is 1. The Morgan fingerprint density at radius 1 is 1.15 bits per heavy atom. The molecule has 2 saturated carbocycles. The topological polar surface area (TPSA) is 185 Å². The molecule has 3 N–H and O–H groups in total. The van der Waals surface area contributed by atoms with Crippen molar-refractivity contribution in [2.45, 2.75) is 126 Å². The van der Waals surface area contributed by atoms with Crippen LogP contribution in [0.25, 0.3) is 10.8 Å². The van der Waals surface area contributed by atoms with Crippen LogP contribution < -0.4 is 19.5 Å². The van der Waals surface area contributed by atoms with Gasteiger partial charge in [0.2, 0.25) is 33.6 Å². The molecule has 61 heavy (non-hydrogen) atoms. The smallest absolute Gasteiger partial charge is 0.411 e. The first-order chi connectivity index (χ1) is 28.3. The Morgan fingerprint density at radius 2 is 1.84 bits per heavy atom. The molecule has 0 unspecified atom stereocenters. The minimum atomic E-state index is -5.16. The Bertz CT molecular complexity index is 2210. The van der Waals surface area contributed by atoms with Crippen LogP contribution in [0.3, 0.4) is 0 Å². The Balaban J connectivity index is 1.44. The quantitative estimate of drug-likeness (QED) is 0.177. The maximum Gasteiger partial charge on any atom is 0.411 e. The number of fused-ring (bicyclic) bond motifs is 3. The average molecular weight is 906 g/mol. The molecule has 14 nitrogen and oxygen atoms in total. The van der Waals surface area contributed by atoms with Gasteiger partial charge in [-0.05, 0) is 83.3 Å². The van der Waals surface area contributed by atoms with E-state index in [4.69, 9.17) is 21.1 Å². The van der Waals surface area contributed by atoms with E-state index in [-0.39, 0.29) is 57.6 Å². The Labute approximate surface area is 354 Å². The fourth-order valence-corrected chi connectivity index (χ4v) is 9.78. The number of halogens is 6. The molecule has 2 aliphatic heterocycles. The van der Waals surface area contributed by atoms with Gasteiger partial charge in [-0.3, -0.25) is 24.0 Å². The third-order valence-electron chi connectivity index (χ3n) is 12.4. The summed E-state index contributed by atoms with van der Waals surface area (Å²) in [6, 6.07) is 2.33. The maximum absolute atomic E-state index is 15.0. The van der Waals surface area contributed by atoms with Crippen molar-refractivity contribution in [2.24, 2.45) is 17.8 Å². The van der Waals surface area contributed by atoms with Gasteiger partial charge in [0.05, 0.1) is 11.3 Å². The number of aromatic nitrogens is 1. The number of alkyl halides is 5. The number of allylic oxidation sites excluding steroid dienone is 1. The number of ether oxygens (including phenoxy) is 2. The van der Waals surface area contributed by atoms with Gasteiger partial charge >= 0.3 is 12.3 Å². The normalized spacial score (nSPS) is 28.8. The van der Waals surface area contributed by atoms with Crippen LogP contribution in [-0.4, -0.2) is 112 Å². The van der Waals surface area contributed by atoms with Gasteiger partial charge in [-0.15, -0.1) is 0 Å². The number of pyridine rings is 1. The number of carboxylic acid groups (broad SMARTS) is 1. The van der Waals surface area contributed by atoms with Crippen LogP contribution in [0.2, 0.25) is 5.02 Å². The second-order valence-corrected chi connectivity index (χ2v) is 20.0. The predicted octanol–water partition coefficient (Wildman–Crippen LogP) is 6.46. The molecule has 336 valence electrons. The van der Waals surface area contributed by atoms with E-state index in [9.17, 15) is 49.9 Å². The lowest BCUT2D eigenvalue weighted by Gasteiger charge is -2.45. The van der Waals surface area contributed by atoms with E-state index < -0.39 is 105 Å². The number of nitrogens with one attached hydrogen (secondary N) is 2. The van der Waals surface area contributed by atoms with Crippen molar-refractivity contribution >= 4 is 56.2 Å². The number of hydrogen-bond acceptors (Lipinski definition) is 9. The summed E-state index contributed by atoms with van der Waals surface area (Å²) in [5.41, 5.74) is -4.90. The van der Waals surface area contributed by atoms with E-state index in [0.29, 0.717) is 39.5 Å². The van der Waals surface area contributed by atoms with Crippen molar-refractivity contribution in [2.75, 3.05) is 13.2 Å². The number of nitrogens with zero attached hydrogens (tertiary/aromatic N) is 3. The van der Waals surface area contributed by atoms with Gasteiger partial charge in [0.25, 0.3) is 12.3 Å². The molecule has 0 spiro atoms. The lowest BCUT2D eigenvalue weighted by Crippen LogP contribution is -2.66. The standard InChI is InChI=1S/C40H49ClF5N5O9S/c1-21-9-6-7-10-23-18-39(23,35(54)49-61(57,58)38(5)13-14-38)48-32(52)28-16-24(60-33-25-11-8-12-27(41)26(25)17-30(47-33)59-20-29(42)43)19-50(28)34(53)31(22(2)15-21)51(36(55)56)37(3,4)40(44,45)46/h7-8,10-12,17,21-24,28-29,31H,6,9,13-16,18-20H2,1-5H3,(H,48,52)(H,49,54)(H,55,56)/b10-7-/t21-,22-,23-,24-,28+,31+,39-/m1/s1. The molecule has 0 radical (unpaired) electrons. The van der Waals surface area contributed by atoms with Crippen molar-refractivity contribution in [3.8, 4) is 11.8 Å². The molecule has 6 rings (SSSR count). The summed E-state index contributed by atoms with van der Waals surface area (Å²) >= 11 is 6.43. The molecule has 1 aromatic heterocycles. The van der Waals surface area contributed by atoms with Crippen LogP contribution in [0.5, 0.6) is 11.8 Å². The second kappa shape index (κ2) is 16.7. The molecule has 2 aromatic rings. The van der Waals surface area contributed by atoms with Crippen LogP contribution in [0.15, 0.2) is 36.4 Å². The Morgan fingerprint density at radius 3 is 2.46 bits per heavy atom. The zero-order valence-corrected chi connectivity index (χ0v) is 35.7. The van der Waals surface area contributed by atoms with Gasteiger partial charge in [0, 0.05) is 34.2 Å². The summed E-state index contributed by atoms with van der Waals surface area (Å²) in [5.74, 6) is -5.61. The van der Waals surface area contributed by atoms with Gasteiger partial charge in [-0.2, -0.15) is 18.2 Å². The van der Waals surface area contributed by atoms with E-state index >= 15 is 4.79 Å². The van der Waals surface area contributed by atoms with Crippen LogP contribution in [-0.2, 0) is 24.4 Å². The highest BCUT2D eigenvalue weighted by Gasteiger charge is 2.64. The molecular formula is C40H49ClF5N5O9S. The van der Waals surface area contributed by atoms with E-state index in [0.717, 1.165) is 4.90 Å². The molecule has 4 aliphatic rings. The SMILES string of the molecule is C[C@@H]1CC/C=C\[C@@H]2C[C@@]2(C(=O)NS(=O)(=O)C2(C)CC2)NC(=O)[C@@H]2C[C@@H](Oc3nc(OCC(F)F)cc4c(Cl)cccc34)CN2C(=O)[C@@H](N(C(=O)O)C(C)(C)C(F)(F)F)[C@H](C)C1. The second-order valence-electron chi connectivity index (χ2n) is 17.4. The van der Waals surface area contributed by atoms with E-state index in [1.165, 1.54) is 26.0 Å². The van der Waals surface area contributed by atoms with Crippen LogP contribution in [0, 0.1) is 17.8 Å². The third kappa shape index (κ3) is 9.20. The zero-order chi connectivity index (χ0) is 45.0. The largest absolute Gasteiger partial charge is 0.472 e. The van der Waals surface area contributed by atoms with Crippen molar-refractivity contribution in [3.63, 3.8) is 0 Å². The first-order valence-electron chi connectivity index (χ1n) is 19.9. The summed E-state index contributed by atoms with van der Waals surface area (Å²) in [5, 5.41) is 13.9. The lowest BCUT2D eigenvalue weighted by molar-refractivity contribution is -0.222. The highest BCUT2D eigenvalue weighted by molar-refractivity contribution is 7.91. The molecule has 3 fully saturated rings. The van der Waals surface area contributed by atoms with Crippen molar-refractivity contribution in [3.05, 3.63) is 41.4 Å². The third-order valence-corrected chi connectivity index (χ3v) is 14.9. The number of rotatable bonds is 10. The van der Waals surface area contributed by atoms with Crippen molar-refractivity contribution in [1.82, 2.24) is 24.8 Å². The van der Waals surface area contributed by atoms with Crippen molar-refractivity contribution < 1.29 is 64.1 Å². The van der Waals surface area contributed by atoms with Gasteiger partial charge in [0.1, 0.15) is 29.3 Å². The zero-order valence-electron chi connectivity index (χ0n) is 34.1. The average Bonchev–Trinajstić information content (AvgIpc) is 4.04. The number of amides is 4. The number of benzene rings is 1. The van der Waals surface area contributed by atoms with Gasteiger partial charge in [-0.25, -0.2) is 22.0 Å². The Hall–Kier alpha value is -4.46. The molecule has 3 heterocycles. The van der Waals surface area contributed by atoms with Crippen LogP contribution in [0.1, 0.15) is 79.6 Å². The molecule has 4 amide bonds. The fourth-order valence-electron chi connectivity index (χ4n) is 8.24. The van der Waals surface area contributed by atoms with Crippen LogP contribution >= 0.6 is 11.6 Å². The van der Waals surface area contributed by atoms with E-state index in [1.54, 1.807) is 31.2 Å². The number of carbonyl (C=O) groups is 4. The number of carbonyl (C=O) groups excluding carboxylic acids is 3. The van der Waals surface area contributed by atoms with Crippen LogP contribution in [0.4, 0.5) is 26.7 Å². The first kappa shape index (κ1) is 46.1. The maximum atomic E-state index is 15.0. The molecule has 1 saturated heterocycles. The summed E-state index contributed by atoms with van der Waals surface area (Å²) in [4.78, 5) is 61.8. The molecule has 7 atom stereocenters. The predicted molar refractivity (Wildman–Crippen MR) is 212 cm³/mol. The molecule has 21 heteroatoms. The fraction of sp³-hybridized carbons (Fsp3) is 0.625. The van der Waals surface area contributed by atoms with Gasteiger partial charge < -0.3 is 24.8 Å². The lowest BCUT2D eigenvalue weighted by atomic mass is 9.85. The van der Waals surface area contributed by atoms with E-state index in [1.807, 2.05) is 0 Å². The van der Waals surface area contributed by atoms with E-state index in [2.05, 4.69) is 15.0 Å². The highest BCUT2D eigenvalue weighted by Crippen LogP contribution is 2.48. The molecule has 2 aliphatic carbocycles. The molecule has 1 aromatic carbocycles. The first-order valence-corrected chi connectivity index (χ1v) is 21.8. The van der Waals surface area contributed by atoms with Gasteiger partial charge in [0.15, 0.2) is 6.61 Å². The van der Waals surface area contributed by atoms with Crippen molar-refractivity contribution in [1.29, 1.82) is 0 Å². The number of hydrogen-bond donors (Lipinski definition) is 3. The summed E-state index contributed by atoms with van der Waals surface area (Å²) in [6.07, 6.45) is -6.62. The summed E-state index contributed by atoms with van der Waals surface area (Å²) < 4.78 is 109. The Kier molecular flexibility index (Phi) is 12.6. The summed E-state index contributed by atoms with van der Waals surface area (Å²) in [7, 11) is -4.18.